The molecule has 0 radical (unpaired) electrons. The molecule has 1 amide bonds. The third-order valence-corrected chi connectivity index (χ3v) is 4.11. The molecule has 0 aromatic rings. The van der Waals surface area contributed by atoms with Gasteiger partial charge in [0.1, 0.15) is 0 Å². The van der Waals surface area contributed by atoms with Crippen LogP contribution in [-0.4, -0.2) is 57.4 Å². The second-order valence-corrected chi connectivity index (χ2v) is 6.25. The summed E-state index contributed by atoms with van der Waals surface area (Å²) in [4.78, 5) is 23.7. The van der Waals surface area contributed by atoms with Crippen LogP contribution >= 0.6 is 0 Å². The van der Waals surface area contributed by atoms with Gasteiger partial charge >= 0.3 is 5.97 Å². The molecule has 0 rings (SSSR count). The first-order valence-corrected chi connectivity index (χ1v) is 7.52. The number of ether oxygens (including phenoxy) is 1. The van der Waals surface area contributed by atoms with E-state index in [1.807, 2.05) is 6.07 Å². The van der Waals surface area contributed by atoms with E-state index in [2.05, 4.69) is 4.74 Å². The van der Waals surface area contributed by atoms with Crippen molar-refractivity contribution in [2.75, 3.05) is 32.2 Å². The largest absolute Gasteiger partial charge is 0.469 e. The molecule has 0 heterocycles. The normalized spacial score (nSPS) is 10.6. The summed E-state index contributed by atoms with van der Waals surface area (Å²) in [6, 6.07) is 1.90. The highest BCUT2D eigenvalue weighted by Crippen LogP contribution is 2.01. The van der Waals surface area contributed by atoms with Crippen molar-refractivity contribution in [3.05, 3.63) is 0 Å². The molecule has 0 saturated heterocycles. The predicted molar refractivity (Wildman–Crippen MR) is 67.8 cm³/mol. The number of sulfone groups is 1. The lowest BCUT2D eigenvalue weighted by Gasteiger charge is -2.15. The fourth-order valence-electron chi connectivity index (χ4n) is 1.22. The Kier molecular flexibility index (Phi) is 7.75. The lowest BCUT2D eigenvalue weighted by atomic mass is 10.3. The van der Waals surface area contributed by atoms with Crippen molar-refractivity contribution < 1.29 is 22.7 Å². The van der Waals surface area contributed by atoms with E-state index in [1.54, 1.807) is 0 Å². The molecule has 0 aliphatic heterocycles. The van der Waals surface area contributed by atoms with Gasteiger partial charge in [0.2, 0.25) is 5.91 Å². The van der Waals surface area contributed by atoms with Crippen molar-refractivity contribution in [3.63, 3.8) is 0 Å². The summed E-state index contributed by atoms with van der Waals surface area (Å²) in [7, 11) is -0.751. The van der Waals surface area contributed by atoms with Crippen LogP contribution in [0.25, 0.3) is 0 Å². The SMILES string of the molecule is COC(=O)CCS(=O)(=O)CCC(=O)N(C)CCC#N. The van der Waals surface area contributed by atoms with Crippen LogP contribution in [0.3, 0.4) is 0 Å². The third kappa shape index (κ3) is 8.15. The molecule has 108 valence electrons. The van der Waals surface area contributed by atoms with Gasteiger partial charge in [-0.3, -0.25) is 9.59 Å². The lowest BCUT2D eigenvalue weighted by molar-refractivity contribution is -0.140. The quantitative estimate of drug-likeness (QED) is 0.570. The molecule has 0 unspecified atom stereocenters. The average Bonchev–Trinajstić information content (AvgIpc) is 2.39. The van der Waals surface area contributed by atoms with E-state index in [4.69, 9.17) is 5.26 Å². The molecular weight excluding hydrogens is 272 g/mol. The molecule has 0 N–H and O–H groups in total. The zero-order valence-corrected chi connectivity index (χ0v) is 11.9. The van der Waals surface area contributed by atoms with Gasteiger partial charge in [-0.2, -0.15) is 5.26 Å². The van der Waals surface area contributed by atoms with Gasteiger partial charge < -0.3 is 9.64 Å². The Morgan fingerprint density at radius 3 is 2.37 bits per heavy atom. The Hall–Kier alpha value is -1.62. The van der Waals surface area contributed by atoms with E-state index in [1.165, 1.54) is 19.1 Å². The van der Waals surface area contributed by atoms with Gasteiger partial charge in [0.25, 0.3) is 0 Å². The van der Waals surface area contributed by atoms with Crippen LogP contribution in [0.4, 0.5) is 0 Å². The van der Waals surface area contributed by atoms with Crippen LogP contribution in [0.15, 0.2) is 0 Å². The van der Waals surface area contributed by atoms with Gasteiger partial charge in [-0.05, 0) is 0 Å². The highest BCUT2D eigenvalue weighted by atomic mass is 32.2. The van der Waals surface area contributed by atoms with E-state index < -0.39 is 15.8 Å². The zero-order valence-electron chi connectivity index (χ0n) is 11.1. The summed E-state index contributed by atoms with van der Waals surface area (Å²) < 4.78 is 27.5. The second-order valence-electron chi connectivity index (χ2n) is 3.95. The van der Waals surface area contributed by atoms with Crippen molar-refractivity contribution in [3.8, 4) is 6.07 Å². The average molecular weight is 290 g/mol. The molecule has 0 spiro atoms. The molecule has 0 fully saturated rings. The molecule has 8 heteroatoms. The Labute approximate surface area is 113 Å². The lowest BCUT2D eigenvalue weighted by Crippen LogP contribution is -2.29. The van der Waals surface area contributed by atoms with Crippen LogP contribution in [0, 0.1) is 11.3 Å². The summed E-state index contributed by atoms with van der Waals surface area (Å²) in [6.45, 7) is 0.275. The minimum Gasteiger partial charge on any atom is -0.469 e. The first kappa shape index (κ1) is 17.4. The van der Waals surface area contributed by atoms with Crippen LogP contribution < -0.4 is 0 Å². The van der Waals surface area contributed by atoms with Crippen molar-refractivity contribution >= 4 is 21.7 Å². The van der Waals surface area contributed by atoms with Crippen molar-refractivity contribution in [1.29, 1.82) is 5.26 Å². The summed E-state index contributed by atoms with van der Waals surface area (Å²) in [6.07, 6.45) is -0.153. The van der Waals surface area contributed by atoms with E-state index in [0.29, 0.717) is 0 Å². The fourth-order valence-corrected chi connectivity index (χ4v) is 2.39. The van der Waals surface area contributed by atoms with E-state index in [-0.39, 0.29) is 43.2 Å². The number of hydrogen-bond donors (Lipinski definition) is 0. The van der Waals surface area contributed by atoms with Gasteiger partial charge in [-0.25, -0.2) is 8.42 Å². The van der Waals surface area contributed by atoms with Gasteiger partial charge in [0.05, 0.1) is 37.5 Å². The van der Waals surface area contributed by atoms with Crippen LogP contribution in [0.2, 0.25) is 0 Å². The molecule has 0 aromatic carbocycles. The number of nitriles is 1. The first-order chi connectivity index (χ1) is 8.82. The first-order valence-electron chi connectivity index (χ1n) is 5.70. The molecular formula is C11H18N2O5S. The van der Waals surface area contributed by atoms with Gasteiger partial charge in [-0.15, -0.1) is 0 Å². The maximum Gasteiger partial charge on any atom is 0.306 e. The monoisotopic (exact) mass is 290 g/mol. The van der Waals surface area contributed by atoms with Gasteiger partial charge in [-0.1, -0.05) is 0 Å². The molecule has 0 aliphatic rings. The van der Waals surface area contributed by atoms with Crippen molar-refractivity contribution in [2.24, 2.45) is 0 Å². The Morgan fingerprint density at radius 2 is 1.84 bits per heavy atom. The number of carbonyl (C=O) groups excluding carboxylic acids is 2. The van der Waals surface area contributed by atoms with Crippen LogP contribution in [-0.2, 0) is 24.2 Å². The number of esters is 1. The number of rotatable bonds is 8. The van der Waals surface area contributed by atoms with E-state index in [0.717, 1.165) is 0 Å². The zero-order chi connectivity index (χ0) is 14.9. The number of carbonyl (C=O) groups is 2. The van der Waals surface area contributed by atoms with E-state index >= 15 is 0 Å². The summed E-state index contributed by atoms with van der Waals surface area (Å²) in [5.41, 5.74) is 0. The Balaban J connectivity index is 4.13. The molecule has 0 aromatic heterocycles. The highest BCUT2D eigenvalue weighted by Gasteiger charge is 2.17. The number of amides is 1. The minimum atomic E-state index is -3.45. The Morgan fingerprint density at radius 1 is 1.26 bits per heavy atom. The summed E-state index contributed by atoms with van der Waals surface area (Å²) in [5, 5.41) is 8.37. The van der Waals surface area contributed by atoms with E-state index in [9.17, 15) is 18.0 Å². The Bertz CT molecular complexity index is 452. The molecule has 0 saturated carbocycles. The fraction of sp³-hybridized carbons (Fsp3) is 0.727. The molecule has 0 atom stereocenters. The van der Waals surface area contributed by atoms with Crippen molar-refractivity contribution in [2.45, 2.75) is 19.3 Å². The summed E-state index contributed by atoms with van der Waals surface area (Å²) in [5.74, 6) is -1.56. The third-order valence-electron chi connectivity index (χ3n) is 2.46. The predicted octanol–water partition coefficient (Wildman–Crippen LogP) is -0.274. The second kappa shape index (κ2) is 8.48. The van der Waals surface area contributed by atoms with Crippen LogP contribution in [0.1, 0.15) is 19.3 Å². The number of hydrogen-bond acceptors (Lipinski definition) is 6. The van der Waals surface area contributed by atoms with Crippen LogP contribution in [0.5, 0.6) is 0 Å². The standard InChI is InChI=1S/C11H18N2O5S/c1-13(7-3-6-12)10(14)4-8-19(16,17)9-5-11(15)18-2/h3-5,7-9H2,1-2H3. The number of nitrogens with zero attached hydrogens (tertiary/aromatic N) is 2. The maximum atomic E-state index is 11.6. The molecule has 0 aliphatic carbocycles. The molecule has 7 nitrogen and oxygen atoms in total. The highest BCUT2D eigenvalue weighted by molar-refractivity contribution is 7.91. The smallest absolute Gasteiger partial charge is 0.306 e. The maximum absolute atomic E-state index is 11.6. The number of methoxy groups -OCH3 is 1. The molecule has 0 bridgehead atoms. The topological polar surface area (TPSA) is 105 Å². The summed E-state index contributed by atoms with van der Waals surface area (Å²) >= 11 is 0. The van der Waals surface area contributed by atoms with Crippen molar-refractivity contribution in [1.82, 2.24) is 4.90 Å². The van der Waals surface area contributed by atoms with Gasteiger partial charge in [0.15, 0.2) is 9.84 Å². The molecule has 19 heavy (non-hydrogen) atoms. The minimum absolute atomic E-state index is 0.147. The van der Waals surface area contributed by atoms with Gasteiger partial charge in [0, 0.05) is 20.0 Å².